The molecule has 0 rings (SSSR count). The molecule has 2 heteroatoms. The van der Waals surface area contributed by atoms with Crippen LogP contribution in [0.2, 0.25) is 0 Å². The fourth-order valence-corrected chi connectivity index (χ4v) is 0.763. The molecular formula is C9H20N2. The third-order valence-electron chi connectivity index (χ3n) is 1.57. The number of hydrogen-bond donors (Lipinski definition) is 1. The predicted octanol–water partition coefficient (Wildman–Crippen LogP) is 1.10. The number of nitrogens with one attached hydrogen (secondary N) is 1. The molecule has 0 unspecified atom stereocenters. The van der Waals surface area contributed by atoms with Gasteiger partial charge in [-0.15, -0.1) is 0 Å². The highest BCUT2D eigenvalue weighted by atomic mass is 15.0. The number of rotatable bonds is 5. The second kappa shape index (κ2) is 6.38. The molecule has 0 aliphatic heterocycles. The van der Waals surface area contributed by atoms with Crippen molar-refractivity contribution in [3.8, 4) is 0 Å². The molecule has 0 saturated heterocycles. The molecule has 0 aromatic heterocycles. The Balaban J connectivity index is 3.46. The Morgan fingerprint density at radius 1 is 1.45 bits per heavy atom. The van der Waals surface area contributed by atoms with Crippen molar-refractivity contribution in [2.45, 2.75) is 13.3 Å². The van der Waals surface area contributed by atoms with Crippen molar-refractivity contribution in [2.24, 2.45) is 0 Å². The van der Waals surface area contributed by atoms with E-state index in [1.165, 1.54) is 5.57 Å². The SMILES string of the molecule is CNCC/C(C)=C\CN(C)C. The largest absolute Gasteiger partial charge is 0.319 e. The maximum Gasteiger partial charge on any atom is 0.0159 e. The van der Waals surface area contributed by atoms with Gasteiger partial charge >= 0.3 is 0 Å². The third-order valence-corrected chi connectivity index (χ3v) is 1.57. The molecule has 0 atom stereocenters. The van der Waals surface area contributed by atoms with Gasteiger partial charge in [0, 0.05) is 6.54 Å². The number of hydrogen-bond acceptors (Lipinski definition) is 2. The van der Waals surface area contributed by atoms with Crippen molar-refractivity contribution < 1.29 is 0 Å². The summed E-state index contributed by atoms with van der Waals surface area (Å²) in [6.07, 6.45) is 3.43. The molecule has 0 aromatic carbocycles. The standard InChI is InChI=1S/C9H20N2/c1-9(5-7-10-2)6-8-11(3)4/h6,10H,5,7-8H2,1-4H3/b9-6-. The molecule has 0 aromatic rings. The summed E-state index contributed by atoms with van der Waals surface area (Å²) in [4.78, 5) is 2.17. The molecule has 0 spiro atoms. The van der Waals surface area contributed by atoms with Crippen LogP contribution in [0.5, 0.6) is 0 Å². The fourth-order valence-electron chi connectivity index (χ4n) is 0.763. The van der Waals surface area contributed by atoms with E-state index in [0.717, 1.165) is 19.5 Å². The Hall–Kier alpha value is -0.340. The summed E-state index contributed by atoms with van der Waals surface area (Å²) in [7, 11) is 6.16. The summed E-state index contributed by atoms with van der Waals surface area (Å²) in [5.41, 5.74) is 1.47. The molecule has 0 aliphatic carbocycles. The average Bonchev–Trinajstić information content (AvgIpc) is 1.97. The molecule has 0 saturated carbocycles. The lowest BCUT2D eigenvalue weighted by atomic mass is 10.2. The zero-order chi connectivity index (χ0) is 8.69. The van der Waals surface area contributed by atoms with Gasteiger partial charge in [-0.05, 0) is 41.0 Å². The van der Waals surface area contributed by atoms with Crippen LogP contribution in [0.15, 0.2) is 11.6 Å². The van der Waals surface area contributed by atoms with Gasteiger partial charge in [0.15, 0.2) is 0 Å². The van der Waals surface area contributed by atoms with Gasteiger partial charge in [-0.1, -0.05) is 11.6 Å². The Morgan fingerprint density at radius 2 is 2.09 bits per heavy atom. The molecule has 0 aliphatic rings. The molecule has 0 radical (unpaired) electrons. The van der Waals surface area contributed by atoms with Crippen LogP contribution in [0.4, 0.5) is 0 Å². The minimum absolute atomic E-state index is 1.05. The molecule has 2 nitrogen and oxygen atoms in total. The molecule has 1 N–H and O–H groups in total. The maximum atomic E-state index is 3.13. The third kappa shape index (κ3) is 7.56. The molecular weight excluding hydrogens is 136 g/mol. The zero-order valence-electron chi connectivity index (χ0n) is 8.15. The van der Waals surface area contributed by atoms with Gasteiger partial charge in [0.2, 0.25) is 0 Å². The smallest absolute Gasteiger partial charge is 0.0159 e. The Labute approximate surface area is 70.3 Å². The lowest BCUT2D eigenvalue weighted by Gasteiger charge is -2.06. The van der Waals surface area contributed by atoms with Gasteiger partial charge < -0.3 is 10.2 Å². The second-order valence-corrected chi connectivity index (χ2v) is 3.17. The summed E-state index contributed by atoms with van der Waals surface area (Å²) < 4.78 is 0. The Kier molecular flexibility index (Phi) is 6.18. The summed E-state index contributed by atoms with van der Waals surface area (Å²) in [6, 6.07) is 0. The first-order valence-corrected chi connectivity index (χ1v) is 4.11. The van der Waals surface area contributed by atoms with Crippen LogP contribution >= 0.6 is 0 Å². The number of likely N-dealkylation sites (N-methyl/N-ethyl adjacent to an activating group) is 1. The Morgan fingerprint density at radius 3 is 2.55 bits per heavy atom. The van der Waals surface area contributed by atoms with Crippen LogP contribution in [0.3, 0.4) is 0 Å². The van der Waals surface area contributed by atoms with E-state index in [-0.39, 0.29) is 0 Å². The van der Waals surface area contributed by atoms with Crippen LogP contribution in [-0.2, 0) is 0 Å². The van der Waals surface area contributed by atoms with Crippen LogP contribution in [-0.4, -0.2) is 39.1 Å². The van der Waals surface area contributed by atoms with Crippen LogP contribution in [0, 0.1) is 0 Å². The molecule has 0 bridgehead atoms. The minimum Gasteiger partial charge on any atom is -0.319 e. The van der Waals surface area contributed by atoms with Crippen molar-refractivity contribution in [1.82, 2.24) is 10.2 Å². The first-order valence-electron chi connectivity index (χ1n) is 4.11. The van der Waals surface area contributed by atoms with Crippen molar-refractivity contribution in [1.29, 1.82) is 0 Å². The molecule has 0 fully saturated rings. The van der Waals surface area contributed by atoms with E-state index >= 15 is 0 Å². The van der Waals surface area contributed by atoms with E-state index < -0.39 is 0 Å². The maximum absolute atomic E-state index is 3.13. The normalized spacial score (nSPS) is 12.6. The topological polar surface area (TPSA) is 15.3 Å². The van der Waals surface area contributed by atoms with Crippen molar-refractivity contribution in [3.05, 3.63) is 11.6 Å². The van der Waals surface area contributed by atoms with Crippen molar-refractivity contribution >= 4 is 0 Å². The monoisotopic (exact) mass is 156 g/mol. The highest BCUT2D eigenvalue weighted by molar-refractivity contribution is 4.99. The molecule has 0 heterocycles. The van der Waals surface area contributed by atoms with Gasteiger partial charge in [-0.3, -0.25) is 0 Å². The first kappa shape index (κ1) is 10.7. The van der Waals surface area contributed by atoms with Gasteiger partial charge in [-0.25, -0.2) is 0 Å². The summed E-state index contributed by atoms with van der Waals surface area (Å²) in [5.74, 6) is 0. The van der Waals surface area contributed by atoms with Gasteiger partial charge in [0.25, 0.3) is 0 Å². The zero-order valence-corrected chi connectivity index (χ0v) is 8.15. The van der Waals surface area contributed by atoms with E-state index in [4.69, 9.17) is 0 Å². The van der Waals surface area contributed by atoms with E-state index in [9.17, 15) is 0 Å². The molecule has 0 amide bonds. The van der Waals surface area contributed by atoms with Crippen molar-refractivity contribution in [3.63, 3.8) is 0 Å². The minimum atomic E-state index is 1.05. The molecule has 66 valence electrons. The lowest BCUT2D eigenvalue weighted by Crippen LogP contribution is -2.12. The summed E-state index contributed by atoms with van der Waals surface area (Å²) in [5, 5.41) is 3.13. The Bertz CT molecular complexity index is 117. The van der Waals surface area contributed by atoms with Crippen molar-refractivity contribution in [2.75, 3.05) is 34.2 Å². The predicted molar refractivity (Wildman–Crippen MR) is 50.9 cm³/mol. The summed E-state index contributed by atoms with van der Waals surface area (Å²) >= 11 is 0. The fraction of sp³-hybridized carbons (Fsp3) is 0.778. The quantitative estimate of drug-likeness (QED) is 0.600. The van der Waals surface area contributed by atoms with Gasteiger partial charge in [-0.2, -0.15) is 0 Å². The summed E-state index contributed by atoms with van der Waals surface area (Å²) in [6.45, 7) is 4.31. The van der Waals surface area contributed by atoms with Gasteiger partial charge in [0.1, 0.15) is 0 Å². The van der Waals surface area contributed by atoms with Crippen LogP contribution in [0.1, 0.15) is 13.3 Å². The van der Waals surface area contributed by atoms with Crippen LogP contribution in [0.25, 0.3) is 0 Å². The molecule has 11 heavy (non-hydrogen) atoms. The first-order chi connectivity index (χ1) is 5.16. The van der Waals surface area contributed by atoms with E-state index in [2.05, 4.69) is 37.3 Å². The highest BCUT2D eigenvalue weighted by Crippen LogP contribution is 1.97. The van der Waals surface area contributed by atoms with E-state index in [1.807, 2.05) is 7.05 Å². The van der Waals surface area contributed by atoms with Gasteiger partial charge in [0.05, 0.1) is 0 Å². The average molecular weight is 156 g/mol. The highest BCUT2D eigenvalue weighted by Gasteiger charge is 1.89. The number of nitrogens with zero attached hydrogens (tertiary/aromatic N) is 1. The van der Waals surface area contributed by atoms with Crippen LogP contribution < -0.4 is 5.32 Å². The van der Waals surface area contributed by atoms with E-state index in [1.54, 1.807) is 0 Å². The lowest BCUT2D eigenvalue weighted by molar-refractivity contribution is 0.455. The van der Waals surface area contributed by atoms with E-state index in [0.29, 0.717) is 0 Å². The second-order valence-electron chi connectivity index (χ2n) is 3.17.